The van der Waals surface area contributed by atoms with Crippen LogP contribution in [0.5, 0.6) is 0 Å². The molecule has 28 heavy (non-hydrogen) atoms. The summed E-state index contributed by atoms with van der Waals surface area (Å²) in [4.78, 5) is 53.5. The first-order chi connectivity index (χ1) is 13.3. The molecular weight excluding hydrogens is 366 g/mol. The van der Waals surface area contributed by atoms with Gasteiger partial charge in [0.05, 0.1) is 31.3 Å². The van der Waals surface area contributed by atoms with Gasteiger partial charge >= 0.3 is 0 Å². The lowest BCUT2D eigenvalue weighted by Crippen LogP contribution is -2.58. The molecule has 0 aromatic rings. The van der Waals surface area contributed by atoms with Gasteiger partial charge < -0.3 is 26.4 Å². The summed E-state index contributed by atoms with van der Waals surface area (Å²) in [5.41, 5.74) is 5.66. The zero-order chi connectivity index (χ0) is 20.6. The zero-order valence-electron chi connectivity index (χ0n) is 16.3. The van der Waals surface area contributed by atoms with Gasteiger partial charge in [-0.2, -0.15) is 0 Å². The Morgan fingerprint density at radius 2 is 2.04 bits per heavy atom. The Bertz CT molecular complexity index is 669. The second kappa shape index (κ2) is 8.04. The predicted molar refractivity (Wildman–Crippen MR) is 98.6 cm³/mol. The quantitative estimate of drug-likeness (QED) is 0.389. The molecule has 3 saturated heterocycles. The standard InChI is InChI=1S/C18H29N5O5/c1-9(2)6-10-18(28)23-12(8-24)14(23)15(16(19)26)22-5-3-4-11(22)17(27)20-7-13(25)21-10/h9-12,14-15,24H,3-8H2,1-2H3,(H2,19,26)(H,20,27)(H,21,25)/t10-,11-,12+,14-,15+,23?/m0/s1. The second-order valence-electron chi connectivity index (χ2n) is 8.20. The summed E-state index contributed by atoms with van der Waals surface area (Å²) >= 11 is 0. The van der Waals surface area contributed by atoms with Crippen molar-refractivity contribution < 1.29 is 24.3 Å². The van der Waals surface area contributed by atoms with Gasteiger partial charge in [-0.25, -0.2) is 0 Å². The molecule has 0 bridgehead atoms. The Morgan fingerprint density at radius 3 is 2.64 bits per heavy atom. The molecule has 3 aliphatic heterocycles. The highest BCUT2D eigenvalue weighted by Crippen LogP contribution is 2.37. The van der Waals surface area contributed by atoms with Crippen LogP contribution in [-0.2, 0) is 19.2 Å². The van der Waals surface area contributed by atoms with E-state index in [2.05, 4.69) is 10.6 Å². The van der Waals surface area contributed by atoms with Crippen molar-refractivity contribution in [2.75, 3.05) is 19.7 Å². The van der Waals surface area contributed by atoms with Crippen molar-refractivity contribution in [3.63, 3.8) is 0 Å². The number of carbonyl (C=O) groups is 4. The number of aliphatic hydroxyl groups excluding tert-OH is 1. The summed E-state index contributed by atoms with van der Waals surface area (Å²) in [6, 6.07) is -3.39. The van der Waals surface area contributed by atoms with Crippen LogP contribution in [0.3, 0.4) is 0 Å². The van der Waals surface area contributed by atoms with Crippen molar-refractivity contribution in [1.29, 1.82) is 0 Å². The number of nitrogens with one attached hydrogen (secondary N) is 2. The number of primary amides is 1. The largest absolute Gasteiger partial charge is 0.394 e. The van der Waals surface area contributed by atoms with Crippen molar-refractivity contribution in [3.05, 3.63) is 0 Å². The molecule has 0 aliphatic carbocycles. The van der Waals surface area contributed by atoms with Crippen molar-refractivity contribution in [2.45, 2.75) is 63.3 Å². The van der Waals surface area contributed by atoms with E-state index < -0.39 is 42.0 Å². The number of nitrogens with zero attached hydrogens (tertiary/aromatic N) is 2. The van der Waals surface area contributed by atoms with Crippen LogP contribution in [0.1, 0.15) is 33.1 Å². The lowest BCUT2D eigenvalue weighted by Gasteiger charge is -2.31. The fourth-order valence-corrected chi connectivity index (χ4v) is 4.50. The topological polar surface area (TPSA) is 145 Å². The molecule has 3 heterocycles. The van der Waals surface area contributed by atoms with Crippen molar-refractivity contribution in [3.8, 4) is 0 Å². The number of carbonyl (C=O) groups excluding carboxylic acids is 4. The van der Waals surface area contributed by atoms with E-state index in [0.717, 1.165) is 0 Å². The predicted octanol–water partition coefficient (Wildman–Crippen LogP) is -2.46. The van der Waals surface area contributed by atoms with Crippen molar-refractivity contribution in [1.82, 2.24) is 20.4 Å². The molecule has 0 aromatic heterocycles. The smallest absolute Gasteiger partial charge is 0.245 e. The average Bonchev–Trinajstić information content (AvgIpc) is 3.12. The number of amides is 4. The molecule has 5 N–H and O–H groups in total. The first-order valence-corrected chi connectivity index (χ1v) is 9.81. The van der Waals surface area contributed by atoms with E-state index in [-0.39, 0.29) is 30.9 Å². The minimum absolute atomic E-state index is 0.137. The van der Waals surface area contributed by atoms with Gasteiger partial charge in [0.2, 0.25) is 23.6 Å². The van der Waals surface area contributed by atoms with Crippen LogP contribution in [-0.4, -0.2) is 88.4 Å². The van der Waals surface area contributed by atoms with E-state index in [1.807, 2.05) is 13.8 Å². The number of hydrogen-bond donors (Lipinski definition) is 4. The van der Waals surface area contributed by atoms with E-state index in [4.69, 9.17) is 5.73 Å². The second-order valence-corrected chi connectivity index (χ2v) is 8.20. The molecule has 10 heteroatoms. The van der Waals surface area contributed by atoms with Crippen molar-refractivity contribution >= 4 is 23.6 Å². The fraction of sp³-hybridized carbons (Fsp3) is 0.778. The van der Waals surface area contributed by atoms with Crippen LogP contribution in [0.4, 0.5) is 0 Å². The Labute approximate surface area is 163 Å². The maximum absolute atomic E-state index is 13.1. The molecule has 5 atom stereocenters. The molecule has 3 rings (SSSR count). The van der Waals surface area contributed by atoms with Gasteiger partial charge in [0, 0.05) is 0 Å². The Kier molecular flexibility index (Phi) is 5.90. The number of rotatable bonds is 4. The van der Waals surface area contributed by atoms with Crippen LogP contribution in [0.25, 0.3) is 0 Å². The third-order valence-electron chi connectivity index (χ3n) is 5.76. The first kappa shape index (κ1) is 20.5. The third kappa shape index (κ3) is 3.83. The van der Waals surface area contributed by atoms with Crippen molar-refractivity contribution in [2.24, 2.45) is 11.7 Å². The summed E-state index contributed by atoms with van der Waals surface area (Å²) in [6.07, 6.45) is 1.65. The lowest BCUT2D eigenvalue weighted by atomic mass is 10.0. The van der Waals surface area contributed by atoms with Crippen LogP contribution < -0.4 is 16.4 Å². The normalized spacial score (nSPS) is 34.1. The monoisotopic (exact) mass is 395 g/mol. The third-order valence-corrected chi connectivity index (χ3v) is 5.76. The highest BCUT2D eigenvalue weighted by atomic mass is 16.3. The van der Waals surface area contributed by atoms with Gasteiger partial charge in [-0.3, -0.25) is 24.1 Å². The van der Waals surface area contributed by atoms with Gasteiger partial charge in [0.25, 0.3) is 0 Å². The molecule has 0 aromatic carbocycles. The van der Waals surface area contributed by atoms with Crippen LogP contribution in [0, 0.1) is 5.92 Å². The number of hydrogen-bond acceptors (Lipinski definition) is 6. The molecule has 156 valence electrons. The summed E-state index contributed by atoms with van der Waals surface area (Å²) in [5, 5.41) is 15.1. The fourth-order valence-electron chi connectivity index (χ4n) is 4.50. The van der Waals surface area contributed by atoms with E-state index >= 15 is 0 Å². The Hall–Kier alpha value is -2.20. The summed E-state index contributed by atoms with van der Waals surface area (Å²) < 4.78 is 0. The first-order valence-electron chi connectivity index (χ1n) is 9.81. The molecule has 0 unspecified atom stereocenters. The lowest BCUT2D eigenvalue weighted by molar-refractivity contribution is -0.136. The molecule has 0 radical (unpaired) electrons. The summed E-state index contributed by atoms with van der Waals surface area (Å²) in [6.45, 7) is 3.81. The SMILES string of the molecule is CC(C)C[C@@H]1NC(=O)CNC(=O)[C@@H]2CCCN2[C@@H](C(N)=O)[C@@H]2[C@@H](CO)N2C1=O. The van der Waals surface area contributed by atoms with Gasteiger partial charge in [-0.15, -0.1) is 0 Å². The van der Waals surface area contributed by atoms with Crippen LogP contribution in [0.2, 0.25) is 0 Å². The number of fused-ring (bicyclic) bond motifs is 2. The molecule has 0 spiro atoms. The molecule has 10 nitrogen and oxygen atoms in total. The molecule has 3 fully saturated rings. The summed E-state index contributed by atoms with van der Waals surface area (Å²) in [7, 11) is 0. The number of nitrogens with two attached hydrogens (primary N) is 1. The highest BCUT2D eigenvalue weighted by molar-refractivity contribution is 5.94. The zero-order valence-corrected chi connectivity index (χ0v) is 16.3. The van der Waals surface area contributed by atoms with E-state index in [1.54, 1.807) is 4.90 Å². The van der Waals surface area contributed by atoms with Crippen LogP contribution in [0.15, 0.2) is 0 Å². The Balaban J connectivity index is 1.96. The van der Waals surface area contributed by atoms with Gasteiger partial charge in [0.1, 0.15) is 12.1 Å². The molecular formula is C18H29N5O5. The maximum Gasteiger partial charge on any atom is 0.245 e. The highest BCUT2D eigenvalue weighted by Gasteiger charge is 2.60. The average molecular weight is 395 g/mol. The minimum Gasteiger partial charge on any atom is -0.394 e. The maximum atomic E-state index is 13.1. The van der Waals surface area contributed by atoms with Gasteiger partial charge in [-0.1, -0.05) is 13.8 Å². The van der Waals surface area contributed by atoms with E-state index in [9.17, 15) is 24.3 Å². The van der Waals surface area contributed by atoms with Gasteiger partial charge in [-0.05, 0) is 31.7 Å². The van der Waals surface area contributed by atoms with Crippen LogP contribution >= 0.6 is 0 Å². The van der Waals surface area contributed by atoms with E-state index in [0.29, 0.717) is 25.8 Å². The van der Waals surface area contributed by atoms with Gasteiger partial charge in [0.15, 0.2) is 0 Å². The molecule has 4 amide bonds. The molecule has 0 saturated carbocycles. The number of aliphatic hydroxyl groups is 1. The summed E-state index contributed by atoms with van der Waals surface area (Å²) in [5.74, 6) is -1.60. The minimum atomic E-state index is -0.853. The Morgan fingerprint density at radius 1 is 1.32 bits per heavy atom. The molecule has 3 aliphatic rings. The van der Waals surface area contributed by atoms with E-state index in [1.165, 1.54) is 4.90 Å².